The number of benzene rings is 1. The number of allylic oxidation sites excluding steroid dienone is 1. The molecule has 8 nitrogen and oxygen atoms in total. The van der Waals surface area contributed by atoms with Gasteiger partial charge >= 0.3 is 0 Å². The Hall–Kier alpha value is -3.36. The molecule has 1 unspecified atom stereocenters. The first-order valence-corrected chi connectivity index (χ1v) is 11.6. The number of nitrogens with zero attached hydrogens (tertiary/aromatic N) is 2. The molecular weight excluding hydrogens is 436 g/mol. The van der Waals surface area contributed by atoms with E-state index in [0.29, 0.717) is 50.0 Å². The molecule has 1 aromatic carbocycles. The summed E-state index contributed by atoms with van der Waals surface area (Å²) in [6.45, 7) is 6.44. The molecule has 1 saturated heterocycles. The SMILES string of the molecule is CCCOc1cccc(C2C(C(=O)/C=C/c3ccco3)=C(O)C(=O)N2CCN2CCOCC2)c1. The highest BCUT2D eigenvalue weighted by Crippen LogP contribution is 2.39. The van der Waals surface area contributed by atoms with E-state index in [-0.39, 0.29) is 5.57 Å². The molecule has 1 fully saturated rings. The van der Waals surface area contributed by atoms with E-state index < -0.39 is 23.5 Å². The topological polar surface area (TPSA) is 92.5 Å². The molecule has 1 amide bonds. The van der Waals surface area contributed by atoms with Gasteiger partial charge in [0.05, 0.1) is 37.7 Å². The predicted molar refractivity (Wildman–Crippen MR) is 126 cm³/mol. The Morgan fingerprint density at radius 2 is 2.03 bits per heavy atom. The van der Waals surface area contributed by atoms with Gasteiger partial charge in [-0.15, -0.1) is 0 Å². The number of carbonyl (C=O) groups excluding carboxylic acids is 2. The van der Waals surface area contributed by atoms with E-state index >= 15 is 0 Å². The smallest absolute Gasteiger partial charge is 0.290 e. The molecule has 1 N–H and O–H groups in total. The Balaban J connectivity index is 1.63. The maximum Gasteiger partial charge on any atom is 0.290 e. The van der Waals surface area contributed by atoms with Crippen LogP contribution in [0.4, 0.5) is 0 Å². The second-order valence-corrected chi connectivity index (χ2v) is 8.25. The summed E-state index contributed by atoms with van der Waals surface area (Å²) in [6.07, 6.45) is 5.23. The number of morpholine rings is 1. The summed E-state index contributed by atoms with van der Waals surface area (Å²) in [6, 6.07) is 10.1. The van der Waals surface area contributed by atoms with Crippen LogP contribution in [0.25, 0.3) is 6.08 Å². The van der Waals surface area contributed by atoms with Crippen molar-refractivity contribution in [3.63, 3.8) is 0 Å². The van der Waals surface area contributed by atoms with Gasteiger partial charge < -0.3 is 23.9 Å². The van der Waals surface area contributed by atoms with Crippen molar-refractivity contribution < 1.29 is 28.6 Å². The lowest BCUT2D eigenvalue weighted by molar-refractivity contribution is -0.129. The molecule has 2 aromatic rings. The van der Waals surface area contributed by atoms with Crippen molar-refractivity contribution in [3.8, 4) is 5.75 Å². The lowest BCUT2D eigenvalue weighted by Gasteiger charge is -2.31. The van der Waals surface area contributed by atoms with Crippen molar-refractivity contribution in [2.75, 3.05) is 46.0 Å². The quantitative estimate of drug-likeness (QED) is 0.537. The van der Waals surface area contributed by atoms with E-state index in [9.17, 15) is 14.7 Å². The molecule has 2 aliphatic heterocycles. The summed E-state index contributed by atoms with van der Waals surface area (Å²) in [4.78, 5) is 30.1. The molecule has 0 bridgehead atoms. The Kier molecular flexibility index (Phi) is 7.82. The van der Waals surface area contributed by atoms with Crippen LogP contribution in [0.2, 0.25) is 0 Å². The third-order valence-electron chi connectivity index (χ3n) is 5.92. The predicted octanol–water partition coefficient (Wildman–Crippen LogP) is 3.38. The second-order valence-electron chi connectivity index (χ2n) is 8.25. The first kappa shape index (κ1) is 23.8. The Morgan fingerprint density at radius 1 is 1.21 bits per heavy atom. The first-order valence-electron chi connectivity index (χ1n) is 11.6. The highest BCUT2D eigenvalue weighted by molar-refractivity contribution is 6.14. The van der Waals surface area contributed by atoms with Crippen LogP contribution in [0, 0.1) is 0 Å². The standard InChI is InChI=1S/C26H30N2O6/c1-2-14-33-21-6-3-5-19(18-21)24-23(22(29)9-8-20-7-4-15-34-20)25(30)26(31)28(24)11-10-27-12-16-32-17-13-27/h3-9,15,18,24,30H,2,10-14,16-17H2,1H3/b9-8+. The summed E-state index contributed by atoms with van der Waals surface area (Å²) in [5, 5.41) is 10.8. The fourth-order valence-corrected chi connectivity index (χ4v) is 4.18. The Labute approximate surface area is 199 Å². The summed E-state index contributed by atoms with van der Waals surface area (Å²) >= 11 is 0. The molecule has 1 aromatic heterocycles. The minimum absolute atomic E-state index is 0.0578. The number of amides is 1. The van der Waals surface area contributed by atoms with Crippen molar-refractivity contribution >= 4 is 17.8 Å². The maximum atomic E-state index is 13.2. The number of hydrogen-bond donors (Lipinski definition) is 1. The van der Waals surface area contributed by atoms with Crippen LogP contribution in [0.15, 0.2) is 64.5 Å². The van der Waals surface area contributed by atoms with Crippen molar-refractivity contribution in [2.24, 2.45) is 0 Å². The average molecular weight is 467 g/mol. The molecular formula is C26H30N2O6. The molecule has 0 spiro atoms. The summed E-state index contributed by atoms with van der Waals surface area (Å²) in [7, 11) is 0. The number of ketones is 1. The summed E-state index contributed by atoms with van der Waals surface area (Å²) < 4.78 is 16.4. The highest BCUT2D eigenvalue weighted by atomic mass is 16.5. The van der Waals surface area contributed by atoms with Gasteiger partial charge in [-0.2, -0.15) is 0 Å². The van der Waals surface area contributed by atoms with E-state index in [1.165, 1.54) is 18.4 Å². The van der Waals surface area contributed by atoms with E-state index in [1.807, 2.05) is 31.2 Å². The minimum atomic E-state index is -0.715. The maximum absolute atomic E-state index is 13.2. The fourth-order valence-electron chi connectivity index (χ4n) is 4.18. The molecule has 2 aliphatic rings. The zero-order valence-corrected chi connectivity index (χ0v) is 19.3. The van der Waals surface area contributed by atoms with Crippen LogP contribution >= 0.6 is 0 Å². The lowest BCUT2D eigenvalue weighted by atomic mass is 9.95. The number of carbonyl (C=O) groups is 2. The number of rotatable bonds is 10. The largest absolute Gasteiger partial charge is 0.503 e. The van der Waals surface area contributed by atoms with E-state index in [0.717, 1.165) is 19.5 Å². The van der Waals surface area contributed by atoms with Gasteiger partial charge in [0, 0.05) is 26.2 Å². The summed E-state index contributed by atoms with van der Waals surface area (Å²) in [5.74, 6) is -0.340. The highest BCUT2D eigenvalue weighted by Gasteiger charge is 2.43. The van der Waals surface area contributed by atoms with Crippen molar-refractivity contribution in [1.29, 1.82) is 0 Å². The molecule has 0 radical (unpaired) electrons. The van der Waals surface area contributed by atoms with Crippen LogP contribution in [0.5, 0.6) is 5.75 Å². The second kappa shape index (κ2) is 11.2. The van der Waals surface area contributed by atoms with Gasteiger partial charge in [0.1, 0.15) is 11.5 Å². The number of ether oxygens (including phenoxy) is 2. The molecule has 8 heteroatoms. The van der Waals surface area contributed by atoms with Crippen molar-refractivity contribution in [2.45, 2.75) is 19.4 Å². The van der Waals surface area contributed by atoms with Crippen LogP contribution in [0.1, 0.15) is 30.7 Å². The van der Waals surface area contributed by atoms with Gasteiger partial charge in [0.25, 0.3) is 5.91 Å². The zero-order valence-electron chi connectivity index (χ0n) is 19.3. The number of aliphatic hydroxyl groups is 1. The van der Waals surface area contributed by atoms with Gasteiger partial charge in [-0.1, -0.05) is 19.1 Å². The van der Waals surface area contributed by atoms with Gasteiger partial charge in [0.2, 0.25) is 0 Å². The third kappa shape index (κ3) is 5.40. The lowest BCUT2D eigenvalue weighted by Crippen LogP contribution is -2.43. The molecule has 4 rings (SSSR count). The molecule has 34 heavy (non-hydrogen) atoms. The van der Waals surface area contributed by atoms with Crippen molar-refractivity contribution in [3.05, 3.63) is 71.4 Å². The monoisotopic (exact) mass is 466 g/mol. The number of hydrogen-bond acceptors (Lipinski definition) is 7. The summed E-state index contributed by atoms with van der Waals surface area (Å²) in [5.41, 5.74) is 0.769. The number of furan rings is 1. The molecule has 0 aliphatic carbocycles. The number of aliphatic hydroxyl groups excluding tert-OH is 1. The molecule has 1 atom stereocenters. The molecule has 3 heterocycles. The Bertz CT molecular complexity index is 1050. The van der Waals surface area contributed by atoms with Gasteiger partial charge in [0.15, 0.2) is 11.5 Å². The van der Waals surface area contributed by atoms with Crippen LogP contribution < -0.4 is 4.74 Å². The van der Waals surface area contributed by atoms with E-state index in [1.54, 1.807) is 17.0 Å². The fraction of sp³-hybridized carbons (Fsp3) is 0.385. The van der Waals surface area contributed by atoms with E-state index in [4.69, 9.17) is 13.9 Å². The van der Waals surface area contributed by atoms with Crippen LogP contribution in [-0.2, 0) is 14.3 Å². The van der Waals surface area contributed by atoms with Crippen molar-refractivity contribution in [1.82, 2.24) is 9.80 Å². The molecule has 180 valence electrons. The van der Waals surface area contributed by atoms with Gasteiger partial charge in [-0.25, -0.2) is 0 Å². The van der Waals surface area contributed by atoms with E-state index in [2.05, 4.69) is 4.90 Å². The Morgan fingerprint density at radius 3 is 2.76 bits per heavy atom. The average Bonchev–Trinajstić information content (AvgIpc) is 3.47. The van der Waals surface area contributed by atoms with Gasteiger partial charge in [-0.05, 0) is 48.4 Å². The third-order valence-corrected chi connectivity index (χ3v) is 5.92. The van der Waals surface area contributed by atoms with Crippen LogP contribution in [0.3, 0.4) is 0 Å². The molecule has 0 saturated carbocycles. The first-order chi connectivity index (χ1) is 16.6. The van der Waals surface area contributed by atoms with Crippen LogP contribution in [-0.4, -0.2) is 72.6 Å². The minimum Gasteiger partial charge on any atom is -0.503 e. The van der Waals surface area contributed by atoms with Gasteiger partial charge in [-0.3, -0.25) is 14.5 Å². The zero-order chi connectivity index (χ0) is 23.9. The normalized spacial score (nSPS) is 19.4.